The molecule has 1 aromatic heterocycles. The Bertz CT molecular complexity index is 622. The molecule has 0 fully saturated rings. The fraction of sp³-hybridized carbons (Fsp3) is 0.154. The lowest BCUT2D eigenvalue weighted by Crippen LogP contribution is -2.01. The molecule has 0 spiro atoms. The van der Waals surface area contributed by atoms with Crippen molar-refractivity contribution in [2.24, 2.45) is 0 Å². The maximum absolute atomic E-state index is 12.4. The highest BCUT2D eigenvalue weighted by atomic mass is 79.9. The van der Waals surface area contributed by atoms with E-state index in [1.807, 2.05) is 0 Å². The van der Waals surface area contributed by atoms with Crippen molar-refractivity contribution >= 4 is 49.0 Å². The number of carbonyl (C=O) groups excluding carboxylic acids is 1. The quantitative estimate of drug-likeness (QED) is 0.701. The zero-order chi connectivity index (χ0) is 14.0. The van der Waals surface area contributed by atoms with Gasteiger partial charge in [0.05, 0.1) is 21.8 Å². The van der Waals surface area contributed by atoms with E-state index in [0.29, 0.717) is 22.6 Å². The van der Waals surface area contributed by atoms with E-state index in [4.69, 9.17) is 9.47 Å². The Labute approximate surface area is 131 Å². The number of ketones is 1. The van der Waals surface area contributed by atoms with E-state index in [2.05, 4.69) is 31.9 Å². The second kappa shape index (κ2) is 6.07. The molecule has 2 rings (SSSR count). The molecule has 19 heavy (non-hydrogen) atoms. The Hall–Kier alpha value is -0.850. The van der Waals surface area contributed by atoms with E-state index in [9.17, 15) is 4.79 Å². The molecule has 0 saturated heterocycles. The fourth-order valence-corrected chi connectivity index (χ4v) is 4.42. The zero-order valence-corrected chi connectivity index (χ0v) is 14.2. The predicted octanol–water partition coefficient (Wildman–Crippen LogP) is 4.52. The van der Waals surface area contributed by atoms with Crippen LogP contribution in [0.4, 0.5) is 0 Å². The number of benzene rings is 1. The molecule has 0 bridgehead atoms. The summed E-state index contributed by atoms with van der Waals surface area (Å²) in [6.07, 6.45) is 0. The number of methoxy groups -OCH3 is 2. The van der Waals surface area contributed by atoms with Crippen LogP contribution in [0.3, 0.4) is 0 Å². The van der Waals surface area contributed by atoms with Crippen molar-refractivity contribution in [1.82, 2.24) is 0 Å². The van der Waals surface area contributed by atoms with E-state index >= 15 is 0 Å². The fourth-order valence-electron chi connectivity index (χ4n) is 1.63. The second-order valence-electron chi connectivity index (χ2n) is 3.64. The van der Waals surface area contributed by atoms with Gasteiger partial charge in [-0.2, -0.15) is 0 Å². The van der Waals surface area contributed by atoms with E-state index in [0.717, 1.165) is 7.57 Å². The SMILES string of the molecule is COc1ccc(C(=O)c2cc(Br)sc2Br)cc1OC. The van der Waals surface area contributed by atoms with Gasteiger partial charge in [-0.25, -0.2) is 0 Å². The third kappa shape index (κ3) is 3.01. The van der Waals surface area contributed by atoms with Gasteiger partial charge in [0.15, 0.2) is 17.3 Å². The van der Waals surface area contributed by atoms with Crippen LogP contribution in [0.5, 0.6) is 11.5 Å². The van der Waals surface area contributed by atoms with Gasteiger partial charge in [-0.1, -0.05) is 0 Å². The normalized spacial score (nSPS) is 10.3. The number of hydrogen-bond acceptors (Lipinski definition) is 4. The molecule has 0 atom stereocenters. The van der Waals surface area contributed by atoms with Gasteiger partial charge in [0, 0.05) is 11.1 Å². The molecule has 0 N–H and O–H groups in total. The molecule has 6 heteroatoms. The van der Waals surface area contributed by atoms with Gasteiger partial charge < -0.3 is 9.47 Å². The van der Waals surface area contributed by atoms with Crippen molar-refractivity contribution in [1.29, 1.82) is 0 Å². The number of hydrogen-bond donors (Lipinski definition) is 0. The average molecular weight is 406 g/mol. The topological polar surface area (TPSA) is 35.5 Å². The summed E-state index contributed by atoms with van der Waals surface area (Å²) < 4.78 is 12.1. The lowest BCUT2D eigenvalue weighted by atomic mass is 10.1. The van der Waals surface area contributed by atoms with Gasteiger partial charge in [-0.3, -0.25) is 4.79 Å². The van der Waals surface area contributed by atoms with Crippen molar-refractivity contribution in [3.63, 3.8) is 0 Å². The highest BCUT2D eigenvalue weighted by Gasteiger charge is 2.17. The lowest BCUT2D eigenvalue weighted by molar-refractivity contribution is 0.103. The van der Waals surface area contributed by atoms with E-state index in [1.54, 1.807) is 38.5 Å². The Morgan fingerprint density at radius 3 is 2.32 bits per heavy atom. The van der Waals surface area contributed by atoms with Crippen molar-refractivity contribution in [2.45, 2.75) is 0 Å². The molecule has 100 valence electrons. The standard InChI is InChI=1S/C13H10Br2O3S/c1-17-9-4-3-7(5-10(9)18-2)12(16)8-6-11(14)19-13(8)15/h3-6H,1-2H3. The van der Waals surface area contributed by atoms with Crippen molar-refractivity contribution in [2.75, 3.05) is 14.2 Å². The third-order valence-corrected chi connectivity index (χ3v) is 4.89. The van der Waals surface area contributed by atoms with Gasteiger partial charge >= 0.3 is 0 Å². The molecular weight excluding hydrogens is 396 g/mol. The van der Waals surface area contributed by atoms with E-state index in [-0.39, 0.29) is 5.78 Å². The molecule has 3 nitrogen and oxygen atoms in total. The Balaban J connectivity index is 2.42. The Morgan fingerprint density at radius 1 is 1.11 bits per heavy atom. The van der Waals surface area contributed by atoms with Crippen LogP contribution in [0.2, 0.25) is 0 Å². The van der Waals surface area contributed by atoms with Crippen LogP contribution in [0.25, 0.3) is 0 Å². The van der Waals surface area contributed by atoms with Crippen LogP contribution in [0.1, 0.15) is 15.9 Å². The highest BCUT2D eigenvalue weighted by Crippen LogP contribution is 2.34. The molecule has 0 aliphatic heterocycles. The zero-order valence-electron chi connectivity index (χ0n) is 10.2. The van der Waals surface area contributed by atoms with Gasteiger partial charge in [-0.15, -0.1) is 11.3 Å². The van der Waals surface area contributed by atoms with Crippen LogP contribution in [0, 0.1) is 0 Å². The summed E-state index contributed by atoms with van der Waals surface area (Å²) in [5.74, 6) is 1.08. The van der Waals surface area contributed by atoms with Crippen molar-refractivity contribution in [3.05, 3.63) is 43.0 Å². The monoisotopic (exact) mass is 404 g/mol. The summed E-state index contributed by atoms with van der Waals surface area (Å²) in [5, 5.41) is 0. The first-order chi connectivity index (χ1) is 9.06. The Kier molecular flexibility index (Phi) is 4.65. The first-order valence-corrected chi connectivity index (χ1v) is 7.68. The molecule has 0 unspecified atom stereocenters. The van der Waals surface area contributed by atoms with Crippen LogP contribution >= 0.6 is 43.2 Å². The summed E-state index contributed by atoms with van der Waals surface area (Å²) >= 11 is 8.22. The summed E-state index contributed by atoms with van der Waals surface area (Å²) in [4.78, 5) is 12.4. The summed E-state index contributed by atoms with van der Waals surface area (Å²) in [7, 11) is 3.11. The number of thiophene rings is 1. The van der Waals surface area contributed by atoms with Gasteiger partial charge in [0.25, 0.3) is 0 Å². The molecule has 0 radical (unpaired) electrons. The summed E-state index contributed by atoms with van der Waals surface area (Å²) in [5.41, 5.74) is 1.19. The molecule has 1 aromatic carbocycles. The first kappa shape index (κ1) is 14.6. The average Bonchev–Trinajstić information content (AvgIpc) is 2.76. The van der Waals surface area contributed by atoms with Crippen molar-refractivity contribution < 1.29 is 14.3 Å². The lowest BCUT2D eigenvalue weighted by Gasteiger charge is -2.08. The van der Waals surface area contributed by atoms with Gasteiger partial charge in [0.1, 0.15) is 0 Å². The van der Waals surface area contributed by atoms with Gasteiger partial charge in [-0.05, 0) is 56.1 Å². The summed E-state index contributed by atoms with van der Waals surface area (Å²) in [6, 6.07) is 6.93. The van der Waals surface area contributed by atoms with Crippen LogP contribution < -0.4 is 9.47 Å². The minimum absolute atomic E-state index is 0.0604. The van der Waals surface area contributed by atoms with Crippen LogP contribution in [-0.4, -0.2) is 20.0 Å². The molecule has 2 aromatic rings. The molecule has 0 aliphatic carbocycles. The number of rotatable bonds is 4. The minimum atomic E-state index is -0.0604. The minimum Gasteiger partial charge on any atom is -0.493 e. The number of ether oxygens (including phenoxy) is 2. The largest absolute Gasteiger partial charge is 0.493 e. The number of halogens is 2. The third-order valence-electron chi connectivity index (χ3n) is 2.55. The molecular formula is C13H10Br2O3S. The van der Waals surface area contributed by atoms with E-state index < -0.39 is 0 Å². The maximum Gasteiger partial charge on any atom is 0.195 e. The maximum atomic E-state index is 12.4. The van der Waals surface area contributed by atoms with E-state index in [1.165, 1.54) is 11.3 Å². The molecule has 0 amide bonds. The van der Waals surface area contributed by atoms with Crippen LogP contribution in [0.15, 0.2) is 31.8 Å². The first-order valence-electron chi connectivity index (χ1n) is 5.28. The van der Waals surface area contributed by atoms with Gasteiger partial charge in [0.2, 0.25) is 0 Å². The number of carbonyl (C=O) groups is 1. The van der Waals surface area contributed by atoms with Crippen LogP contribution in [-0.2, 0) is 0 Å². The Morgan fingerprint density at radius 2 is 1.79 bits per heavy atom. The smallest absolute Gasteiger partial charge is 0.195 e. The second-order valence-corrected chi connectivity index (χ2v) is 7.39. The predicted molar refractivity (Wildman–Crippen MR) is 82.7 cm³/mol. The van der Waals surface area contributed by atoms with Crippen molar-refractivity contribution in [3.8, 4) is 11.5 Å². The molecule has 0 aliphatic rings. The molecule has 1 heterocycles. The highest BCUT2D eigenvalue weighted by molar-refractivity contribution is 9.12. The summed E-state index contributed by atoms with van der Waals surface area (Å²) in [6.45, 7) is 0. The molecule has 0 saturated carbocycles.